The Hall–Kier alpha value is -3.19. The Morgan fingerprint density at radius 1 is 1.19 bits per heavy atom. The number of aryl methyl sites for hydroxylation is 1. The average Bonchev–Trinajstić information content (AvgIpc) is 3.36. The molecule has 0 bridgehead atoms. The highest BCUT2D eigenvalue weighted by Gasteiger charge is 2.34. The van der Waals surface area contributed by atoms with Gasteiger partial charge < -0.3 is 14.5 Å². The van der Waals surface area contributed by atoms with Crippen molar-refractivity contribution in [3.63, 3.8) is 0 Å². The number of amides is 2. The Labute approximate surface area is 216 Å². The van der Waals surface area contributed by atoms with Crippen molar-refractivity contribution in [2.24, 2.45) is 5.92 Å². The number of carbonyl (C=O) groups excluding carboxylic acids is 2. The molecule has 0 radical (unpaired) electrons. The molecule has 0 aliphatic carbocycles. The first kappa shape index (κ1) is 25.9. The van der Waals surface area contributed by atoms with Crippen LogP contribution in [0.3, 0.4) is 0 Å². The first-order valence-corrected chi connectivity index (χ1v) is 13.3. The lowest BCUT2D eigenvalue weighted by atomic mass is 10.00. The summed E-state index contributed by atoms with van der Waals surface area (Å²) in [5.74, 6) is 0.0436. The number of benzene rings is 2. The van der Waals surface area contributed by atoms with E-state index in [0.29, 0.717) is 19.7 Å². The van der Waals surface area contributed by atoms with Crippen LogP contribution in [0.15, 0.2) is 60.0 Å². The van der Waals surface area contributed by atoms with E-state index in [1.165, 1.54) is 23.1 Å². The fraction of sp³-hybridized carbons (Fsp3) is 0.379. The molecule has 1 aliphatic heterocycles. The molecule has 0 fully saturated rings. The van der Waals surface area contributed by atoms with Gasteiger partial charge in [0.1, 0.15) is 24.7 Å². The van der Waals surface area contributed by atoms with Gasteiger partial charge in [-0.25, -0.2) is 4.39 Å². The Morgan fingerprint density at radius 3 is 2.69 bits per heavy atom. The quantitative estimate of drug-likeness (QED) is 0.362. The third kappa shape index (κ3) is 6.13. The van der Waals surface area contributed by atoms with Gasteiger partial charge in [0, 0.05) is 23.5 Å². The van der Waals surface area contributed by atoms with Crippen molar-refractivity contribution in [2.45, 2.75) is 39.7 Å². The van der Waals surface area contributed by atoms with Crippen molar-refractivity contribution in [1.82, 2.24) is 9.80 Å². The molecule has 0 saturated heterocycles. The summed E-state index contributed by atoms with van der Waals surface area (Å²) in [6, 6.07) is 15.4. The van der Waals surface area contributed by atoms with Gasteiger partial charge in [0.15, 0.2) is 0 Å². The number of rotatable bonds is 9. The molecular formula is C29H33FN2O3S. The fourth-order valence-corrected chi connectivity index (χ4v) is 5.40. The van der Waals surface area contributed by atoms with Crippen LogP contribution in [0.5, 0.6) is 5.75 Å². The Morgan fingerprint density at radius 2 is 1.97 bits per heavy atom. The molecule has 0 unspecified atom stereocenters. The summed E-state index contributed by atoms with van der Waals surface area (Å²) in [5, 5.41) is 2.06. The van der Waals surface area contributed by atoms with Crippen molar-refractivity contribution >= 4 is 23.2 Å². The van der Waals surface area contributed by atoms with Gasteiger partial charge in [0.05, 0.1) is 6.04 Å². The van der Waals surface area contributed by atoms with E-state index in [1.807, 2.05) is 43.0 Å². The van der Waals surface area contributed by atoms with Crippen molar-refractivity contribution in [3.8, 4) is 5.75 Å². The van der Waals surface area contributed by atoms with Gasteiger partial charge >= 0.3 is 0 Å². The highest BCUT2D eigenvalue weighted by molar-refractivity contribution is 7.10. The van der Waals surface area contributed by atoms with Crippen molar-refractivity contribution < 1.29 is 18.7 Å². The molecule has 2 amide bonds. The Bertz CT molecular complexity index is 1190. The minimum atomic E-state index is -0.468. The van der Waals surface area contributed by atoms with Crippen molar-refractivity contribution in [2.75, 3.05) is 26.2 Å². The first-order valence-electron chi connectivity index (χ1n) is 12.5. The highest BCUT2D eigenvalue weighted by Crippen LogP contribution is 2.34. The van der Waals surface area contributed by atoms with E-state index in [-0.39, 0.29) is 35.9 Å². The molecule has 2 aromatic carbocycles. The summed E-state index contributed by atoms with van der Waals surface area (Å²) in [4.78, 5) is 31.7. The third-order valence-corrected chi connectivity index (χ3v) is 7.75. The Kier molecular flexibility index (Phi) is 8.41. The lowest BCUT2D eigenvalue weighted by molar-refractivity contribution is -0.135. The lowest BCUT2D eigenvalue weighted by Crippen LogP contribution is -2.48. The van der Waals surface area contributed by atoms with E-state index in [9.17, 15) is 14.0 Å². The van der Waals surface area contributed by atoms with Crippen LogP contribution in [0.2, 0.25) is 0 Å². The molecule has 1 aliphatic rings. The maximum Gasteiger partial charge on any atom is 0.254 e. The summed E-state index contributed by atoms with van der Waals surface area (Å²) >= 11 is 1.70. The zero-order chi connectivity index (χ0) is 25.7. The van der Waals surface area contributed by atoms with Gasteiger partial charge in [0.25, 0.3) is 5.91 Å². The number of hydrogen-bond donors (Lipinski definition) is 0. The molecule has 190 valence electrons. The minimum absolute atomic E-state index is 0.0554. The van der Waals surface area contributed by atoms with E-state index < -0.39 is 5.82 Å². The molecule has 2 heterocycles. The van der Waals surface area contributed by atoms with Crippen LogP contribution in [0.4, 0.5) is 4.39 Å². The second-order valence-electron chi connectivity index (χ2n) is 9.49. The molecule has 4 rings (SSSR count). The lowest BCUT2D eigenvalue weighted by Gasteiger charge is -2.37. The van der Waals surface area contributed by atoms with Crippen molar-refractivity contribution in [3.05, 3.63) is 87.4 Å². The summed E-state index contributed by atoms with van der Waals surface area (Å²) in [5.41, 5.74) is 2.52. The largest absolute Gasteiger partial charge is 0.491 e. The number of halogens is 1. The van der Waals surface area contributed by atoms with E-state index in [1.54, 1.807) is 22.3 Å². The number of ether oxygens (including phenoxy) is 1. The normalized spacial score (nSPS) is 15.8. The summed E-state index contributed by atoms with van der Waals surface area (Å²) < 4.78 is 19.9. The van der Waals surface area contributed by atoms with Gasteiger partial charge in [-0.1, -0.05) is 44.0 Å². The summed E-state index contributed by atoms with van der Waals surface area (Å²) in [7, 11) is 0. The van der Waals surface area contributed by atoms with E-state index in [2.05, 4.69) is 18.4 Å². The molecule has 36 heavy (non-hydrogen) atoms. The summed E-state index contributed by atoms with van der Waals surface area (Å²) in [6.07, 6.45) is 1.65. The number of fused-ring (bicyclic) bond motifs is 1. The standard InChI is InChI=1S/C29H33FN2O3S/c1-4-20(2)17-31(29(34)22-6-5-7-23(30)16-22)18-28(33)32-14-12-27-25(13-15-36-27)26(32)19-35-24-10-8-21(3)9-11-24/h5-11,13,15-16,20,26H,4,12,14,17-19H2,1-3H3/t20-,26+/m1/s1. The van der Waals surface area contributed by atoms with Gasteiger partial charge in [-0.2, -0.15) is 0 Å². The smallest absolute Gasteiger partial charge is 0.254 e. The molecule has 1 aromatic heterocycles. The van der Waals surface area contributed by atoms with Crippen LogP contribution < -0.4 is 4.74 Å². The van der Waals surface area contributed by atoms with Crippen LogP contribution in [-0.4, -0.2) is 47.9 Å². The fourth-order valence-electron chi connectivity index (χ4n) is 4.47. The zero-order valence-electron chi connectivity index (χ0n) is 21.1. The van der Waals surface area contributed by atoms with Gasteiger partial charge in [-0.15, -0.1) is 11.3 Å². The van der Waals surface area contributed by atoms with E-state index in [0.717, 1.165) is 29.7 Å². The van der Waals surface area contributed by atoms with Crippen LogP contribution in [0.25, 0.3) is 0 Å². The second kappa shape index (κ2) is 11.7. The third-order valence-electron chi connectivity index (χ3n) is 6.76. The molecule has 0 N–H and O–H groups in total. The predicted octanol–water partition coefficient (Wildman–Crippen LogP) is 5.89. The second-order valence-corrected chi connectivity index (χ2v) is 10.5. The number of thiophene rings is 1. The van der Waals surface area contributed by atoms with E-state index >= 15 is 0 Å². The topological polar surface area (TPSA) is 49.9 Å². The molecule has 0 saturated carbocycles. The predicted molar refractivity (Wildman–Crippen MR) is 141 cm³/mol. The molecule has 0 spiro atoms. The number of nitrogens with zero attached hydrogens (tertiary/aromatic N) is 2. The molecular weight excluding hydrogens is 475 g/mol. The van der Waals surface area contributed by atoms with Crippen LogP contribution in [0, 0.1) is 18.7 Å². The van der Waals surface area contributed by atoms with Crippen molar-refractivity contribution in [1.29, 1.82) is 0 Å². The van der Waals surface area contributed by atoms with Crippen LogP contribution in [0.1, 0.15) is 52.7 Å². The zero-order valence-corrected chi connectivity index (χ0v) is 21.9. The monoisotopic (exact) mass is 508 g/mol. The van der Waals surface area contributed by atoms with Gasteiger partial charge in [-0.05, 0) is 66.6 Å². The van der Waals surface area contributed by atoms with Crippen LogP contribution in [-0.2, 0) is 11.2 Å². The first-order chi connectivity index (χ1) is 17.4. The Balaban J connectivity index is 1.54. The maximum absolute atomic E-state index is 13.8. The molecule has 5 nitrogen and oxygen atoms in total. The SMILES string of the molecule is CC[C@@H](C)CN(CC(=O)N1CCc2sccc2[C@@H]1COc1ccc(C)cc1)C(=O)c1cccc(F)c1. The van der Waals surface area contributed by atoms with Crippen LogP contribution >= 0.6 is 11.3 Å². The number of carbonyl (C=O) groups is 2. The minimum Gasteiger partial charge on any atom is -0.491 e. The van der Waals surface area contributed by atoms with Gasteiger partial charge in [-0.3, -0.25) is 9.59 Å². The maximum atomic E-state index is 13.8. The molecule has 3 aromatic rings. The number of hydrogen-bond acceptors (Lipinski definition) is 4. The van der Waals surface area contributed by atoms with E-state index in [4.69, 9.17) is 4.74 Å². The van der Waals surface area contributed by atoms with Gasteiger partial charge in [0.2, 0.25) is 5.91 Å². The average molecular weight is 509 g/mol. The molecule has 2 atom stereocenters. The summed E-state index contributed by atoms with van der Waals surface area (Å²) in [6.45, 7) is 7.41. The molecule has 7 heteroatoms. The highest BCUT2D eigenvalue weighted by atomic mass is 32.1.